The molecule has 14 heavy (non-hydrogen) atoms. The third kappa shape index (κ3) is 8.72. The van der Waals surface area contributed by atoms with Gasteiger partial charge in [-0.05, 0) is 11.1 Å². The van der Waals surface area contributed by atoms with Crippen molar-refractivity contribution >= 4 is 6.21 Å². The Morgan fingerprint density at radius 3 is 1.14 bits per heavy atom. The maximum Gasteiger partial charge on any atom is 0.0256 e. The number of allylic oxidation sites excluding steroid dienone is 5. The summed E-state index contributed by atoms with van der Waals surface area (Å²) in [5.74, 6) is 0. The van der Waals surface area contributed by atoms with E-state index in [0.717, 1.165) is 11.1 Å². The second-order valence-corrected chi connectivity index (χ2v) is 1.67. The number of nitrogens with one attached hydrogen (secondary N) is 1. The molecule has 0 saturated heterocycles. The van der Waals surface area contributed by atoms with E-state index in [0.29, 0.717) is 0 Å². The van der Waals surface area contributed by atoms with E-state index in [9.17, 15) is 0 Å². The van der Waals surface area contributed by atoms with Crippen LogP contribution in [0.5, 0.6) is 0 Å². The van der Waals surface area contributed by atoms with Gasteiger partial charge in [0.15, 0.2) is 0 Å². The third-order valence-corrected chi connectivity index (χ3v) is 1.15. The van der Waals surface area contributed by atoms with Gasteiger partial charge in [-0.2, -0.15) is 0 Å². The van der Waals surface area contributed by atoms with Crippen molar-refractivity contribution < 1.29 is 0 Å². The van der Waals surface area contributed by atoms with Crippen molar-refractivity contribution in [3.63, 3.8) is 0 Å². The molecule has 0 aliphatic rings. The number of rotatable bonds is 4. The van der Waals surface area contributed by atoms with Crippen LogP contribution in [0.2, 0.25) is 0 Å². The predicted octanol–water partition coefficient (Wildman–Crippen LogP) is 4.54. The molecule has 1 N–H and O–H groups in total. The van der Waals surface area contributed by atoms with Crippen molar-refractivity contribution in [3.8, 4) is 0 Å². The van der Waals surface area contributed by atoms with E-state index in [1.807, 2.05) is 27.7 Å². The van der Waals surface area contributed by atoms with E-state index < -0.39 is 0 Å². The van der Waals surface area contributed by atoms with Crippen molar-refractivity contribution in [2.75, 3.05) is 0 Å². The lowest BCUT2D eigenvalue weighted by Gasteiger charge is -1.95. The van der Waals surface area contributed by atoms with Gasteiger partial charge in [0.05, 0.1) is 0 Å². The van der Waals surface area contributed by atoms with Crippen molar-refractivity contribution in [2.24, 2.45) is 0 Å². The Balaban J connectivity index is -0.000000266. The highest BCUT2D eigenvalue weighted by atomic mass is 14.3. The maximum atomic E-state index is 6.95. The van der Waals surface area contributed by atoms with E-state index in [4.69, 9.17) is 5.41 Å². The van der Waals surface area contributed by atoms with Gasteiger partial charge in [-0.3, -0.25) is 0 Å². The topological polar surface area (TPSA) is 23.9 Å². The van der Waals surface area contributed by atoms with Gasteiger partial charge >= 0.3 is 0 Å². The minimum absolute atomic E-state index is 0.741. The van der Waals surface area contributed by atoms with Gasteiger partial charge in [0.2, 0.25) is 0 Å². The summed E-state index contributed by atoms with van der Waals surface area (Å²) < 4.78 is 0. The molecule has 0 atom stereocenters. The fourth-order valence-corrected chi connectivity index (χ4v) is 0.579. The molecule has 0 aliphatic carbocycles. The Bertz CT molecular complexity index is 155. The first kappa shape index (κ1) is 18.4. The number of hydrogen-bond acceptors (Lipinski definition) is 1. The van der Waals surface area contributed by atoms with Crippen LogP contribution in [-0.2, 0) is 0 Å². The molecule has 0 fully saturated rings. The largest absolute Gasteiger partial charge is 0.308 e. The molecule has 0 saturated carbocycles. The maximum absolute atomic E-state index is 6.95. The van der Waals surface area contributed by atoms with E-state index in [1.54, 1.807) is 18.2 Å². The standard InChI is InChI=1S/C9H11N.2C2H6/c1-4-8(5-2)9(6-3)7-10;2*1-2/h4-7,10H,1-3H2;2*1-2H3. The van der Waals surface area contributed by atoms with Crippen molar-refractivity contribution in [2.45, 2.75) is 27.7 Å². The summed E-state index contributed by atoms with van der Waals surface area (Å²) in [5, 5.41) is 6.95. The minimum Gasteiger partial charge on any atom is -0.308 e. The van der Waals surface area contributed by atoms with Crippen LogP contribution in [0.15, 0.2) is 49.1 Å². The van der Waals surface area contributed by atoms with Gasteiger partial charge < -0.3 is 5.41 Å². The molecule has 0 rings (SSSR count). The van der Waals surface area contributed by atoms with Crippen LogP contribution in [-0.4, -0.2) is 6.21 Å². The van der Waals surface area contributed by atoms with Crippen LogP contribution in [0.3, 0.4) is 0 Å². The highest BCUT2D eigenvalue weighted by Crippen LogP contribution is 2.04. The summed E-state index contributed by atoms with van der Waals surface area (Å²) in [7, 11) is 0. The third-order valence-electron chi connectivity index (χ3n) is 1.15. The van der Waals surface area contributed by atoms with Crippen LogP contribution in [0.25, 0.3) is 0 Å². The molecule has 0 aromatic carbocycles. The van der Waals surface area contributed by atoms with E-state index in [2.05, 4.69) is 19.7 Å². The highest BCUT2D eigenvalue weighted by Gasteiger charge is 1.89. The van der Waals surface area contributed by atoms with Gasteiger partial charge in [0.25, 0.3) is 0 Å². The summed E-state index contributed by atoms with van der Waals surface area (Å²) >= 11 is 0. The van der Waals surface area contributed by atoms with Crippen molar-refractivity contribution in [1.29, 1.82) is 5.41 Å². The molecule has 0 aromatic heterocycles. The van der Waals surface area contributed by atoms with Gasteiger partial charge in [-0.25, -0.2) is 0 Å². The molecule has 1 heteroatoms. The van der Waals surface area contributed by atoms with Gasteiger partial charge in [0, 0.05) is 6.21 Å². The normalized spacial score (nSPS) is 6.29. The van der Waals surface area contributed by atoms with Crippen LogP contribution < -0.4 is 0 Å². The van der Waals surface area contributed by atoms with Crippen LogP contribution >= 0.6 is 0 Å². The van der Waals surface area contributed by atoms with Gasteiger partial charge in [-0.15, -0.1) is 0 Å². The second kappa shape index (κ2) is 17.6. The van der Waals surface area contributed by atoms with E-state index in [1.165, 1.54) is 6.21 Å². The molecule has 0 aromatic rings. The summed E-state index contributed by atoms with van der Waals surface area (Å²) in [6.07, 6.45) is 6.13. The second-order valence-electron chi connectivity index (χ2n) is 1.67. The molecule has 0 spiro atoms. The molecular weight excluding hydrogens is 170 g/mol. The average Bonchev–Trinajstić information content (AvgIpc) is 2.31. The summed E-state index contributed by atoms with van der Waals surface area (Å²) in [6.45, 7) is 18.7. The first-order chi connectivity index (χ1) is 6.79. The number of hydrogen-bond donors (Lipinski definition) is 1. The fourth-order valence-electron chi connectivity index (χ4n) is 0.579. The average molecular weight is 193 g/mol. The summed E-state index contributed by atoms with van der Waals surface area (Å²) in [6, 6.07) is 0. The molecule has 0 unspecified atom stereocenters. The molecule has 0 bridgehead atoms. The van der Waals surface area contributed by atoms with Crippen LogP contribution in [0.4, 0.5) is 0 Å². The SMILES string of the molecule is C=CC(C=C)=C(C=C)C=N.CC.CC. The Morgan fingerprint density at radius 1 is 0.786 bits per heavy atom. The van der Waals surface area contributed by atoms with E-state index in [-0.39, 0.29) is 0 Å². The Morgan fingerprint density at radius 2 is 1.07 bits per heavy atom. The highest BCUT2D eigenvalue weighted by molar-refractivity contribution is 5.82. The van der Waals surface area contributed by atoms with Crippen molar-refractivity contribution in [3.05, 3.63) is 49.1 Å². The quantitative estimate of drug-likeness (QED) is 0.500. The van der Waals surface area contributed by atoms with Crippen molar-refractivity contribution in [1.82, 2.24) is 0 Å². The Hall–Kier alpha value is -1.37. The van der Waals surface area contributed by atoms with Crippen LogP contribution in [0, 0.1) is 5.41 Å². The zero-order valence-corrected chi connectivity index (χ0v) is 9.93. The lowest BCUT2D eigenvalue weighted by Crippen LogP contribution is -1.82. The summed E-state index contributed by atoms with van der Waals surface area (Å²) in [4.78, 5) is 0. The molecule has 0 amide bonds. The Labute approximate surface area is 89.1 Å². The predicted molar refractivity (Wildman–Crippen MR) is 69.1 cm³/mol. The molecule has 80 valence electrons. The Kier molecular flexibility index (Phi) is 23.2. The monoisotopic (exact) mass is 193 g/mol. The fraction of sp³-hybridized carbons (Fsp3) is 0.308. The lowest BCUT2D eigenvalue weighted by molar-refractivity contribution is 1.50. The van der Waals surface area contributed by atoms with Gasteiger partial charge in [0.1, 0.15) is 0 Å². The zero-order chi connectivity index (χ0) is 12.0. The zero-order valence-electron chi connectivity index (χ0n) is 9.93. The molecule has 0 heterocycles. The minimum atomic E-state index is 0.741. The molecule has 0 aliphatic heterocycles. The van der Waals surface area contributed by atoms with Gasteiger partial charge in [-0.1, -0.05) is 65.7 Å². The molecular formula is C13H23N. The molecule has 0 radical (unpaired) electrons. The first-order valence-electron chi connectivity index (χ1n) is 4.92. The first-order valence-corrected chi connectivity index (χ1v) is 4.92. The summed E-state index contributed by atoms with van der Waals surface area (Å²) in [5.41, 5.74) is 1.58. The lowest BCUT2D eigenvalue weighted by atomic mass is 10.1. The smallest absolute Gasteiger partial charge is 0.0256 e. The van der Waals surface area contributed by atoms with Crippen LogP contribution in [0.1, 0.15) is 27.7 Å². The molecule has 1 nitrogen and oxygen atoms in total. The van der Waals surface area contributed by atoms with E-state index >= 15 is 0 Å².